The second-order valence-corrected chi connectivity index (χ2v) is 10.2. The molecule has 0 saturated heterocycles. The van der Waals surface area contributed by atoms with Crippen molar-refractivity contribution in [1.82, 2.24) is 25.1 Å². The molecule has 3 rings (SSSR count). The van der Waals surface area contributed by atoms with Crippen LogP contribution in [-0.4, -0.2) is 58.7 Å². The summed E-state index contributed by atoms with van der Waals surface area (Å²) in [6.45, 7) is 9.51. The topological polar surface area (TPSA) is 96.3 Å². The molecular weight excluding hydrogens is 414 g/mol. The SMILES string of the molecule is CNC(=O)[C@@H](NC(=O)c1nc(-c2ccc(C(C)=O)s2)n2c1CN(C)CCC2)C(C)(C)C. The minimum Gasteiger partial charge on any atom is -0.357 e. The van der Waals surface area contributed by atoms with Crippen LogP contribution in [0.25, 0.3) is 10.7 Å². The van der Waals surface area contributed by atoms with E-state index in [9.17, 15) is 14.4 Å². The molecular formula is C22H31N5O3S. The van der Waals surface area contributed by atoms with Crippen molar-refractivity contribution < 1.29 is 14.4 Å². The predicted molar refractivity (Wildman–Crippen MR) is 121 cm³/mol. The Labute approximate surface area is 187 Å². The van der Waals surface area contributed by atoms with Gasteiger partial charge in [-0.25, -0.2) is 4.98 Å². The van der Waals surface area contributed by atoms with Gasteiger partial charge in [-0.05, 0) is 44.5 Å². The van der Waals surface area contributed by atoms with Crippen LogP contribution >= 0.6 is 11.3 Å². The minimum absolute atomic E-state index is 0.00944. The van der Waals surface area contributed by atoms with Gasteiger partial charge in [0.25, 0.3) is 5.91 Å². The smallest absolute Gasteiger partial charge is 0.272 e. The van der Waals surface area contributed by atoms with Crippen LogP contribution in [0.5, 0.6) is 0 Å². The molecule has 168 valence electrons. The van der Waals surface area contributed by atoms with Gasteiger partial charge in [0.05, 0.1) is 15.4 Å². The first-order valence-electron chi connectivity index (χ1n) is 10.4. The number of thiophene rings is 1. The van der Waals surface area contributed by atoms with Crippen LogP contribution in [0.4, 0.5) is 0 Å². The molecule has 9 heteroatoms. The lowest BCUT2D eigenvalue weighted by Gasteiger charge is -2.29. The highest BCUT2D eigenvalue weighted by Gasteiger charge is 2.34. The molecule has 1 atom stereocenters. The molecule has 2 aromatic rings. The Balaban J connectivity index is 2.05. The van der Waals surface area contributed by atoms with E-state index in [4.69, 9.17) is 4.98 Å². The zero-order valence-corrected chi connectivity index (χ0v) is 19.9. The van der Waals surface area contributed by atoms with E-state index in [1.54, 1.807) is 20.0 Å². The highest BCUT2D eigenvalue weighted by Crippen LogP contribution is 2.31. The van der Waals surface area contributed by atoms with Crippen LogP contribution in [0.15, 0.2) is 12.1 Å². The molecule has 0 spiro atoms. The van der Waals surface area contributed by atoms with Gasteiger partial charge in [-0.15, -0.1) is 11.3 Å². The van der Waals surface area contributed by atoms with Crippen molar-refractivity contribution in [3.63, 3.8) is 0 Å². The summed E-state index contributed by atoms with van der Waals surface area (Å²) >= 11 is 1.38. The van der Waals surface area contributed by atoms with E-state index in [0.717, 1.165) is 30.1 Å². The first-order chi connectivity index (χ1) is 14.5. The van der Waals surface area contributed by atoms with Crippen LogP contribution in [0.1, 0.15) is 60.0 Å². The van der Waals surface area contributed by atoms with Gasteiger partial charge < -0.3 is 20.1 Å². The Kier molecular flexibility index (Phi) is 6.66. The van der Waals surface area contributed by atoms with Gasteiger partial charge in [-0.2, -0.15) is 0 Å². The number of fused-ring (bicyclic) bond motifs is 1. The summed E-state index contributed by atoms with van der Waals surface area (Å²) in [7, 11) is 3.58. The molecule has 0 unspecified atom stereocenters. The lowest BCUT2D eigenvalue weighted by atomic mass is 9.86. The van der Waals surface area contributed by atoms with Crippen molar-refractivity contribution in [2.24, 2.45) is 5.41 Å². The average Bonchev–Trinajstić information content (AvgIpc) is 3.25. The largest absolute Gasteiger partial charge is 0.357 e. The molecule has 1 aliphatic heterocycles. The lowest BCUT2D eigenvalue weighted by molar-refractivity contribution is -0.124. The molecule has 2 amide bonds. The number of nitrogens with zero attached hydrogens (tertiary/aromatic N) is 3. The highest BCUT2D eigenvalue weighted by atomic mass is 32.1. The number of hydrogen-bond donors (Lipinski definition) is 2. The van der Waals surface area contributed by atoms with Crippen LogP contribution < -0.4 is 10.6 Å². The van der Waals surface area contributed by atoms with Crippen molar-refractivity contribution in [1.29, 1.82) is 0 Å². The fraction of sp³-hybridized carbons (Fsp3) is 0.545. The zero-order valence-electron chi connectivity index (χ0n) is 19.0. The quantitative estimate of drug-likeness (QED) is 0.690. The van der Waals surface area contributed by atoms with Crippen LogP contribution in [0.3, 0.4) is 0 Å². The van der Waals surface area contributed by atoms with Gasteiger partial charge in [-0.1, -0.05) is 20.8 Å². The van der Waals surface area contributed by atoms with Crippen LogP contribution in [0, 0.1) is 5.41 Å². The maximum absolute atomic E-state index is 13.3. The number of Topliss-reactive ketones (excluding diaryl/α,β-unsaturated/α-hetero) is 1. The monoisotopic (exact) mass is 445 g/mol. The number of nitrogens with one attached hydrogen (secondary N) is 2. The third-order valence-electron chi connectivity index (χ3n) is 5.45. The minimum atomic E-state index is -0.694. The number of hydrogen-bond acceptors (Lipinski definition) is 6. The Bertz CT molecular complexity index is 1000. The molecule has 2 N–H and O–H groups in total. The summed E-state index contributed by atoms with van der Waals surface area (Å²) in [6.07, 6.45) is 0.932. The maximum atomic E-state index is 13.3. The second-order valence-electron chi connectivity index (χ2n) is 9.08. The number of ketones is 1. The van der Waals surface area contributed by atoms with Crippen molar-refractivity contribution >= 4 is 28.9 Å². The fourth-order valence-corrected chi connectivity index (χ4v) is 4.66. The first kappa shape index (κ1) is 23.1. The third kappa shape index (κ3) is 4.88. The number of amides is 2. The van der Waals surface area contributed by atoms with Crippen molar-refractivity contribution in [3.8, 4) is 10.7 Å². The van der Waals surface area contributed by atoms with E-state index >= 15 is 0 Å². The molecule has 0 radical (unpaired) electrons. The van der Waals surface area contributed by atoms with Crippen molar-refractivity contribution in [2.45, 2.75) is 53.2 Å². The fourth-order valence-electron chi connectivity index (χ4n) is 3.76. The molecule has 0 aliphatic carbocycles. The van der Waals surface area contributed by atoms with E-state index in [2.05, 4.69) is 20.1 Å². The molecule has 0 aromatic carbocycles. The summed E-state index contributed by atoms with van der Waals surface area (Å²) in [4.78, 5) is 45.9. The summed E-state index contributed by atoms with van der Waals surface area (Å²) in [5.41, 5.74) is 0.699. The van der Waals surface area contributed by atoms with Gasteiger partial charge in [0, 0.05) is 20.1 Å². The van der Waals surface area contributed by atoms with E-state index in [1.165, 1.54) is 11.3 Å². The number of imidazole rings is 1. The van der Waals surface area contributed by atoms with Crippen molar-refractivity contribution in [2.75, 3.05) is 20.6 Å². The molecule has 0 saturated carbocycles. The van der Waals surface area contributed by atoms with Crippen LogP contribution in [-0.2, 0) is 17.9 Å². The number of carbonyl (C=O) groups is 3. The van der Waals surface area contributed by atoms with Gasteiger partial charge in [0.1, 0.15) is 6.04 Å². The van der Waals surface area contributed by atoms with Gasteiger partial charge in [-0.3, -0.25) is 14.4 Å². The second kappa shape index (κ2) is 8.92. The molecule has 0 fully saturated rings. The maximum Gasteiger partial charge on any atom is 0.272 e. The van der Waals surface area contributed by atoms with E-state index < -0.39 is 11.5 Å². The summed E-state index contributed by atoms with van der Waals surface area (Å²) in [5, 5.41) is 5.54. The first-order valence-corrected chi connectivity index (χ1v) is 11.3. The Morgan fingerprint density at radius 1 is 1.19 bits per heavy atom. The lowest BCUT2D eigenvalue weighted by Crippen LogP contribution is -2.53. The molecule has 31 heavy (non-hydrogen) atoms. The van der Waals surface area contributed by atoms with Crippen LogP contribution in [0.2, 0.25) is 0 Å². The molecule has 8 nitrogen and oxygen atoms in total. The Morgan fingerprint density at radius 3 is 2.48 bits per heavy atom. The molecule has 3 heterocycles. The Hall–Kier alpha value is -2.52. The number of rotatable bonds is 5. The van der Waals surface area contributed by atoms with E-state index in [1.807, 2.05) is 33.9 Å². The van der Waals surface area contributed by atoms with Gasteiger partial charge in [0.2, 0.25) is 5.91 Å². The van der Waals surface area contributed by atoms with E-state index in [0.29, 0.717) is 22.9 Å². The van der Waals surface area contributed by atoms with Gasteiger partial charge in [0.15, 0.2) is 17.3 Å². The Morgan fingerprint density at radius 2 is 1.90 bits per heavy atom. The predicted octanol–water partition coefficient (Wildman–Crippen LogP) is 2.54. The summed E-state index contributed by atoms with van der Waals surface area (Å²) in [5.74, 6) is 0.0976. The van der Waals surface area contributed by atoms with Crippen molar-refractivity contribution in [3.05, 3.63) is 28.4 Å². The summed E-state index contributed by atoms with van der Waals surface area (Å²) in [6, 6.07) is 2.99. The third-order valence-corrected chi connectivity index (χ3v) is 6.63. The highest BCUT2D eigenvalue weighted by molar-refractivity contribution is 7.17. The number of carbonyl (C=O) groups excluding carboxylic acids is 3. The summed E-state index contributed by atoms with van der Waals surface area (Å²) < 4.78 is 2.08. The standard InChI is InChI=1S/C22H31N5O3S/c1-13(28)15-8-9-16(31-15)19-24-17(14-12-26(6)10-7-11-27(14)19)20(29)25-18(21(30)23-5)22(2,3)4/h8-9,18H,7,10-12H2,1-6H3,(H,23,30)(H,25,29)/t18-/m1/s1. The zero-order chi connectivity index (χ0) is 22.9. The normalized spacial score (nSPS) is 15.7. The molecule has 1 aliphatic rings. The number of likely N-dealkylation sites (N-methyl/N-ethyl adjacent to an activating group) is 1. The molecule has 0 bridgehead atoms. The van der Waals surface area contributed by atoms with E-state index in [-0.39, 0.29) is 17.6 Å². The van der Waals surface area contributed by atoms with Gasteiger partial charge >= 0.3 is 0 Å². The molecule has 2 aromatic heterocycles. The average molecular weight is 446 g/mol. The number of aromatic nitrogens is 2.